The molecule has 0 fully saturated rings. The van der Waals surface area contributed by atoms with Crippen LogP contribution in [-0.4, -0.2) is 13.4 Å². The third-order valence-electron chi connectivity index (χ3n) is 2.31. The van der Waals surface area contributed by atoms with Crippen molar-refractivity contribution in [2.45, 2.75) is 11.4 Å². The fourth-order valence-corrected chi connectivity index (χ4v) is 2.65. The van der Waals surface area contributed by atoms with Gasteiger partial charge in [-0.3, -0.25) is 0 Å². The van der Waals surface area contributed by atoms with Crippen molar-refractivity contribution in [1.82, 2.24) is 9.71 Å². The summed E-state index contributed by atoms with van der Waals surface area (Å²) >= 11 is 5.57. The highest BCUT2D eigenvalue weighted by Gasteiger charge is 2.18. The summed E-state index contributed by atoms with van der Waals surface area (Å²) in [5, 5.41) is 0.150. The van der Waals surface area contributed by atoms with Gasteiger partial charge in [-0.15, -0.1) is 0 Å². The van der Waals surface area contributed by atoms with Crippen molar-refractivity contribution in [2.24, 2.45) is 0 Å². The maximum absolute atomic E-state index is 13.5. The summed E-state index contributed by atoms with van der Waals surface area (Å²) in [6, 6.07) is 5.15. The molecular formula is C11H10ClFN2O2S. The average Bonchev–Trinajstić information content (AvgIpc) is 2.78. The molecule has 1 aromatic heterocycles. The standard InChI is InChI=1S/C11H10ClFN2O2S/c12-9-1-2-11(10(13)5-9)18(16,17)15-7-8-3-4-14-6-8/h1-6,14-15H,7H2. The van der Waals surface area contributed by atoms with Crippen LogP contribution in [0.25, 0.3) is 0 Å². The minimum atomic E-state index is -3.88. The predicted octanol–water partition coefficient (Wildman–Crippen LogP) is 2.29. The van der Waals surface area contributed by atoms with E-state index in [0.29, 0.717) is 0 Å². The van der Waals surface area contributed by atoms with Gasteiger partial charge in [-0.05, 0) is 29.8 Å². The molecule has 7 heteroatoms. The molecular weight excluding hydrogens is 279 g/mol. The Balaban J connectivity index is 2.20. The van der Waals surface area contributed by atoms with Crippen molar-refractivity contribution in [3.63, 3.8) is 0 Å². The van der Waals surface area contributed by atoms with Crippen LogP contribution in [0.4, 0.5) is 4.39 Å². The highest BCUT2D eigenvalue weighted by Crippen LogP contribution is 2.19. The van der Waals surface area contributed by atoms with Gasteiger partial charge >= 0.3 is 0 Å². The first kappa shape index (κ1) is 13.1. The number of benzene rings is 1. The highest BCUT2D eigenvalue weighted by molar-refractivity contribution is 7.89. The molecule has 1 aromatic carbocycles. The van der Waals surface area contributed by atoms with E-state index in [2.05, 4.69) is 9.71 Å². The molecule has 0 aliphatic rings. The Morgan fingerprint density at radius 3 is 2.72 bits per heavy atom. The Kier molecular flexibility index (Phi) is 3.70. The van der Waals surface area contributed by atoms with Gasteiger partial charge in [0.1, 0.15) is 10.7 Å². The zero-order valence-corrected chi connectivity index (χ0v) is 10.7. The van der Waals surface area contributed by atoms with Gasteiger partial charge in [-0.2, -0.15) is 0 Å². The van der Waals surface area contributed by atoms with Gasteiger partial charge in [0, 0.05) is 24.0 Å². The molecule has 0 radical (unpaired) electrons. The molecule has 0 unspecified atom stereocenters. The Morgan fingerprint density at radius 2 is 2.11 bits per heavy atom. The summed E-state index contributed by atoms with van der Waals surface area (Å²) in [6.45, 7) is 0.0912. The van der Waals surface area contributed by atoms with Crippen LogP contribution in [0.3, 0.4) is 0 Å². The lowest BCUT2D eigenvalue weighted by atomic mass is 10.3. The fourth-order valence-electron chi connectivity index (χ4n) is 1.42. The molecule has 0 saturated heterocycles. The van der Waals surface area contributed by atoms with Crippen LogP contribution < -0.4 is 4.72 Å². The lowest BCUT2D eigenvalue weighted by Gasteiger charge is -2.07. The van der Waals surface area contributed by atoms with E-state index in [0.717, 1.165) is 17.7 Å². The fraction of sp³-hybridized carbons (Fsp3) is 0.0909. The maximum atomic E-state index is 13.5. The number of hydrogen-bond donors (Lipinski definition) is 2. The van der Waals surface area contributed by atoms with E-state index in [4.69, 9.17) is 11.6 Å². The van der Waals surface area contributed by atoms with Crippen molar-refractivity contribution in [1.29, 1.82) is 0 Å². The molecule has 0 atom stereocenters. The van der Waals surface area contributed by atoms with Gasteiger partial charge in [-0.25, -0.2) is 17.5 Å². The van der Waals surface area contributed by atoms with Crippen molar-refractivity contribution in [3.8, 4) is 0 Å². The molecule has 0 aliphatic heterocycles. The smallest absolute Gasteiger partial charge is 0.243 e. The monoisotopic (exact) mass is 288 g/mol. The Hall–Kier alpha value is -1.37. The van der Waals surface area contributed by atoms with E-state index in [-0.39, 0.29) is 11.6 Å². The van der Waals surface area contributed by atoms with Gasteiger partial charge in [0.2, 0.25) is 10.0 Å². The molecule has 96 valence electrons. The van der Waals surface area contributed by atoms with E-state index < -0.39 is 20.7 Å². The molecule has 2 aromatic rings. The first-order valence-corrected chi connectivity index (χ1v) is 6.91. The van der Waals surface area contributed by atoms with Gasteiger partial charge in [-0.1, -0.05) is 11.6 Å². The summed E-state index contributed by atoms with van der Waals surface area (Å²) in [5.74, 6) is -0.871. The molecule has 1 heterocycles. The van der Waals surface area contributed by atoms with E-state index >= 15 is 0 Å². The van der Waals surface area contributed by atoms with Crippen LogP contribution in [0.5, 0.6) is 0 Å². The summed E-state index contributed by atoms with van der Waals surface area (Å²) in [4.78, 5) is 2.38. The average molecular weight is 289 g/mol. The number of sulfonamides is 1. The van der Waals surface area contributed by atoms with Crippen LogP contribution in [0.2, 0.25) is 5.02 Å². The molecule has 0 spiro atoms. The number of aromatic nitrogens is 1. The predicted molar refractivity (Wildman–Crippen MR) is 66.2 cm³/mol. The number of halogens is 2. The summed E-state index contributed by atoms with van der Waals surface area (Å²) in [6.07, 6.45) is 3.33. The minimum Gasteiger partial charge on any atom is -0.367 e. The molecule has 0 bridgehead atoms. The lowest BCUT2D eigenvalue weighted by Crippen LogP contribution is -2.24. The van der Waals surface area contributed by atoms with Crippen LogP contribution in [-0.2, 0) is 16.6 Å². The van der Waals surface area contributed by atoms with Crippen molar-refractivity contribution in [2.75, 3.05) is 0 Å². The zero-order chi connectivity index (χ0) is 13.2. The summed E-state index contributed by atoms with van der Waals surface area (Å²) < 4.78 is 39.5. The molecule has 0 saturated carbocycles. The topological polar surface area (TPSA) is 62.0 Å². The van der Waals surface area contributed by atoms with Gasteiger partial charge < -0.3 is 4.98 Å². The molecule has 2 N–H and O–H groups in total. The van der Waals surface area contributed by atoms with Crippen LogP contribution in [0.1, 0.15) is 5.56 Å². The van der Waals surface area contributed by atoms with Crippen LogP contribution >= 0.6 is 11.6 Å². The zero-order valence-electron chi connectivity index (χ0n) is 9.15. The molecule has 0 amide bonds. The van der Waals surface area contributed by atoms with Gasteiger partial charge in [0.05, 0.1) is 0 Å². The number of rotatable bonds is 4. The molecule has 18 heavy (non-hydrogen) atoms. The number of H-pyrrole nitrogens is 1. The van der Waals surface area contributed by atoms with Crippen molar-refractivity contribution >= 4 is 21.6 Å². The van der Waals surface area contributed by atoms with Gasteiger partial charge in [0.15, 0.2) is 0 Å². The maximum Gasteiger partial charge on any atom is 0.243 e. The number of aromatic amines is 1. The Morgan fingerprint density at radius 1 is 1.33 bits per heavy atom. The largest absolute Gasteiger partial charge is 0.367 e. The Labute approximate surface area is 109 Å². The minimum absolute atomic E-state index is 0.0912. The van der Waals surface area contributed by atoms with Crippen molar-refractivity contribution < 1.29 is 12.8 Å². The number of nitrogens with one attached hydrogen (secondary N) is 2. The number of hydrogen-bond acceptors (Lipinski definition) is 2. The molecule has 4 nitrogen and oxygen atoms in total. The summed E-state index contributed by atoms with van der Waals surface area (Å²) in [5.41, 5.74) is 0.757. The second-order valence-electron chi connectivity index (χ2n) is 3.62. The van der Waals surface area contributed by atoms with Crippen LogP contribution in [0.15, 0.2) is 41.6 Å². The second kappa shape index (κ2) is 5.09. The quantitative estimate of drug-likeness (QED) is 0.907. The first-order valence-electron chi connectivity index (χ1n) is 5.05. The molecule has 0 aliphatic carbocycles. The second-order valence-corrected chi connectivity index (χ2v) is 5.79. The third-order valence-corrected chi connectivity index (χ3v) is 3.98. The summed E-state index contributed by atoms with van der Waals surface area (Å²) in [7, 11) is -3.88. The first-order chi connectivity index (χ1) is 8.49. The highest BCUT2D eigenvalue weighted by atomic mass is 35.5. The van der Waals surface area contributed by atoms with E-state index in [1.54, 1.807) is 18.5 Å². The van der Waals surface area contributed by atoms with E-state index in [1.807, 2.05) is 0 Å². The van der Waals surface area contributed by atoms with E-state index in [1.165, 1.54) is 6.07 Å². The SMILES string of the molecule is O=S(=O)(NCc1cc[nH]c1)c1ccc(Cl)cc1F. The lowest BCUT2D eigenvalue weighted by molar-refractivity contribution is 0.557. The van der Waals surface area contributed by atoms with Crippen molar-refractivity contribution in [3.05, 3.63) is 53.1 Å². The normalized spacial score (nSPS) is 11.7. The van der Waals surface area contributed by atoms with E-state index in [9.17, 15) is 12.8 Å². The van der Waals surface area contributed by atoms with Gasteiger partial charge in [0.25, 0.3) is 0 Å². The Bertz CT molecular complexity index is 641. The molecule has 2 rings (SSSR count). The third kappa shape index (κ3) is 2.90. The van der Waals surface area contributed by atoms with Crippen LogP contribution in [0, 0.1) is 5.82 Å².